The molecule has 0 aliphatic carbocycles. The number of benzene rings is 2. The van der Waals surface area contributed by atoms with Crippen molar-refractivity contribution in [1.82, 2.24) is 0 Å². The van der Waals surface area contributed by atoms with Gasteiger partial charge >= 0.3 is 0 Å². The molecule has 0 aliphatic heterocycles. The van der Waals surface area contributed by atoms with Crippen LogP contribution in [0.2, 0.25) is 5.02 Å². The van der Waals surface area contributed by atoms with Crippen LogP contribution in [-0.2, 0) is 0 Å². The lowest BCUT2D eigenvalue weighted by Crippen LogP contribution is -2.02. The number of hydrogen-bond donors (Lipinski definition) is 1. The Bertz CT molecular complexity index is 599. The summed E-state index contributed by atoms with van der Waals surface area (Å²) in [7, 11) is 1.55. The lowest BCUT2D eigenvalue weighted by atomic mass is 9.99. The van der Waals surface area contributed by atoms with Crippen molar-refractivity contribution >= 4 is 11.6 Å². The molecular formula is C15H14ClFO2. The normalized spacial score (nSPS) is 12.3. The fraction of sp³-hybridized carbons (Fsp3) is 0.200. The second kappa shape index (κ2) is 5.59. The molecule has 2 nitrogen and oxygen atoms in total. The summed E-state index contributed by atoms with van der Waals surface area (Å²) < 4.78 is 18.3. The van der Waals surface area contributed by atoms with E-state index in [1.807, 2.05) is 0 Å². The standard InChI is InChI=1S/C15H14ClFO2/c1-9-7-10(3-6-14(9)17)15(18)12-5-4-11(19-2)8-13(12)16/h3-8,15,18H,1-2H3. The van der Waals surface area contributed by atoms with Crippen molar-refractivity contribution in [3.05, 3.63) is 63.9 Å². The zero-order valence-electron chi connectivity index (χ0n) is 10.7. The second-order valence-electron chi connectivity index (χ2n) is 4.30. The van der Waals surface area contributed by atoms with Gasteiger partial charge in [0.1, 0.15) is 17.7 Å². The van der Waals surface area contributed by atoms with Crippen LogP contribution in [-0.4, -0.2) is 12.2 Å². The molecule has 0 aromatic heterocycles. The number of rotatable bonds is 3. The van der Waals surface area contributed by atoms with Gasteiger partial charge in [0.05, 0.1) is 12.1 Å². The van der Waals surface area contributed by atoms with E-state index >= 15 is 0 Å². The van der Waals surface area contributed by atoms with Crippen LogP contribution >= 0.6 is 11.6 Å². The van der Waals surface area contributed by atoms with Gasteiger partial charge in [0, 0.05) is 5.56 Å². The number of aryl methyl sites for hydroxylation is 1. The molecule has 2 aromatic carbocycles. The van der Waals surface area contributed by atoms with Gasteiger partial charge < -0.3 is 9.84 Å². The molecule has 1 N–H and O–H groups in total. The maximum atomic E-state index is 13.2. The lowest BCUT2D eigenvalue weighted by Gasteiger charge is -2.14. The smallest absolute Gasteiger partial charge is 0.126 e. The monoisotopic (exact) mass is 280 g/mol. The summed E-state index contributed by atoms with van der Waals surface area (Å²) in [5, 5.41) is 10.7. The Kier molecular flexibility index (Phi) is 4.08. The van der Waals surface area contributed by atoms with E-state index < -0.39 is 6.10 Å². The second-order valence-corrected chi connectivity index (χ2v) is 4.71. The number of hydrogen-bond acceptors (Lipinski definition) is 2. The summed E-state index contributed by atoms with van der Waals surface area (Å²) >= 11 is 6.11. The molecule has 4 heteroatoms. The van der Waals surface area contributed by atoms with E-state index in [2.05, 4.69) is 0 Å². The van der Waals surface area contributed by atoms with Gasteiger partial charge in [0.25, 0.3) is 0 Å². The van der Waals surface area contributed by atoms with Crippen LogP contribution in [0.25, 0.3) is 0 Å². The SMILES string of the molecule is COc1ccc(C(O)c2ccc(F)c(C)c2)c(Cl)c1. The number of aliphatic hydroxyl groups excluding tert-OH is 1. The minimum absolute atomic E-state index is 0.295. The molecule has 1 atom stereocenters. The van der Waals surface area contributed by atoms with Crippen molar-refractivity contribution in [3.63, 3.8) is 0 Å². The molecule has 1 unspecified atom stereocenters. The molecule has 0 saturated heterocycles. The molecule has 19 heavy (non-hydrogen) atoms. The minimum Gasteiger partial charge on any atom is -0.497 e. The third kappa shape index (κ3) is 2.88. The zero-order valence-corrected chi connectivity index (χ0v) is 11.4. The Balaban J connectivity index is 2.38. The van der Waals surface area contributed by atoms with Gasteiger partial charge in [-0.3, -0.25) is 0 Å². The van der Waals surface area contributed by atoms with E-state index in [9.17, 15) is 9.50 Å². The quantitative estimate of drug-likeness (QED) is 0.924. The highest BCUT2D eigenvalue weighted by molar-refractivity contribution is 6.31. The minimum atomic E-state index is -0.891. The maximum absolute atomic E-state index is 13.2. The van der Waals surface area contributed by atoms with Crippen molar-refractivity contribution in [2.75, 3.05) is 7.11 Å². The number of methoxy groups -OCH3 is 1. The molecule has 0 spiro atoms. The average Bonchev–Trinajstić information content (AvgIpc) is 2.41. The Hall–Kier alpha value is -1.58. The Morgan fingerprint density at radius 1 is 1.21 bits per heavy atom. The summed E-state index contributed by atoms with van der Waals surface area (Å²) in [5.41, 5.74) is 1.65. The van der Waals surface area contributed by atoms with Crippen LogP contribution in [0.1, 0.15) is 22.8 Å². The van der Waals surface area contributed by atoms with Crippen LogP contribution < -0.4 is 4.74 Å². The third-order valence-corrected chi connectivity index (χ3v) is 3.33. The molecule has 0 aliphatic rings. The van der Waals surface area contributed by atoms with E-state index in [1.165, 1.54) is 6.07 Å². The first-order chi connectivity index (χ1) is 9.02. The molecule has 0 heterocycles. The van der Waals surface area contributed by atoms with E-state index in [0.717, 1.165) is 0 Å². The number of halogens is 2. The summed E-state index contributed by atoms with van der Waals surface area (Å²) in [5.74, 6) is 0.327. The maximum Gasteiger partial charge on any atom is 0.126 e. The number of ether oxygens (including phenoxy) is 1. The fourth-order valence-electron chi connectivity index (χ4n) is 1.87. The van der Waals surface area contributed by atoms with Crippen LogP contribution in [0.3, 0.4) is 0 Å². The molecule has 0 bridgehead atoms. The average molecular weight is 281 g/mol. The first-order valence-electron chi connectivity index (χ1n) is 5.80. The highest BCUT2D eigenvalue weighted by Gasteiger charge is 2.15. The Morgan fingerprint density at radius 3 is 2.53 bits per heavy atom. The lowest BCUT2D eigenvalue weighted by molar-refractivity contribution is 0.220. The van der Waals surface area contributed by atoms with Gasteiger partial charge in [-0.2, -0.15) is 0 Å². The molecule has 0 amide bonds. The van der Waals surface area contributed by atoms with Gasteiger partial charge in [-0.25, -0.2) is 4.39 Å². The Morgan fingerprint density at radius 2 is 1.95 bits per heavy atom. The van der Waals surface area contributed by atoms with Crippen molar-refractivity contribution in [3.8, 4) is 5.75 Å². The van der Waals surface area contributed by atoms with E-state index in [4.69, 9.17) is 16.3 Å². The van der Waals surface area contributed by atoms with Gasteiger partial charge in [-0.05, 0) is 36.2 Å². The predicted octanol–water partition coefficient (Wildman–Crippen LogP) is 3.88. The predicted molar refractivity (Wildman–Crippen MR) is 73.2 cm³/mol. The molecular weight excluding hydrogens is 267 g/mol. The van der Waals surface area contributed by atoms with Gasteiger partial charge in [-0.15, -0.1) is 0 Å². The topological polar surface area (TPSA) is 29.5 Å². The Labute approximate surface area is 116 Å². The fourth-order valence-corrected chi connectivity index (χ4v) is 2.15. The van der Waals surface area contributed by atoms with E-state index in [-0.39, 0.29) is 5.82 Å². The molecule has 100 valence electrons. The summed E-state index contributed by atoms with van der Waals surface area (Å²) in [6, 6.07) is 9.56. The number of aliphatic hydroxyl groups is 1. The summed E-state index contributed by atoms with van der Waals surface area (Å²) in [6.07, 6.45) is -0.891. The van der Waals surface area contributed by atoms with Crippen LogP contribution in [0.5, 0.6) is 5.75 Å². The molecule has 0 fully saturated rings. The highest BCUT2D eigenvalue weighted by atomic mass is 35.5. The molecule has 0 radical (unpaired) electrons. The zero-order chi connectivity index (χ0) is 14.0. The first kappa shape index (κ1) is 13.8. The van der Waals surface area contributed by atoms with Crippen molar-refractivity contribution in [1.29, 1.82) is 0 Å². The van der Waals surface area contributed by atoms with Crippen LogP contribution in [0, 0.1) is 12.7 Å². The van der Waals surface area contributed by atoms with Crippen molar-refractivity contribution < 1.29 is 14.2 Å². The molecule has 2 aromatic rings. The van der Waals surface area contributed by atoms with Crippen molar-refractivity contribution in [2.45, 2.75) is 13.0 Å². The van der Waals surface area contributed by atoms with Crippen molar-refractivity contribution in [2.24, 2.45) is 0 Å². The van der Waals surface area contributed by atoms with Gasteiger partial charge in [-0.1, -0.05) is 29.8 Å². The molecule has 0 saturated carbocycles. The van der Waals surface area contributed by atoms with Crippen LogP contribution in [0.4, 0.5) is 4.39 Å². The summed E-state index contributed by atoms with van der Waals surface area (Å²) in [4.78, 5) is 0. The molecule has 2 rings (SSSR count). The van der Waals surface area contributed by atoms with Crippen LogP contribution in [0.15, 0.2) is 36.4 Å². The third-order valence-electron chi connectivity index (χ3n) is 3.00. The van der Waals surface area contributed by atoms with E-state index in [1.54, 1.807) is 44.4 Å². The highest BCUT2D eigenvalue weighted by Crippen LogP contribution is 2.31. The first-order valence-corrected chi connectivity index (χ1v) is 6.18. The summed E-state index contributed by atoms with van der Waals surface area (Å²) in [6.45, 7) is 1.65. The van der Waals surface area contributed by atoms with Gasteiger partial charge in [0.2, 0.25) is 0 Å². The largest absolute Gasteiger partial charge is 0.497 e. The van der Waals surface area contributed by atoms with Gasteiger partial charge in [0.15, 0.2) is 0 Å². The van der Waals surface area contributed by atoms with E-state index in [0.29, 0.717) is 27.5 Å².